The monoisotopic (exact) mass is 222 g/mol. The lowest BCUT2D eigenvalue weighted by molar-refractivity contribution is 0.525. The Labute approximate surface area is 92.8 Å². The predicted molar refractivity (Wildman–Crippen MR) is 60.8 cm³/mol. The van der Waals surface area contributed by atoms with Crippen molar-refractivity contribution in [2.75, 3.05) is 6.54 Å². The van der Waals surface area contributed by atoms with Gasteiger partial charge < -0.3 is 10.3 Å². The molecule has 2 heterocycles. The molecule has 0 aliphatic heterocycles. The molecule has 0 aromatic carbocycles. The molecule has 0 aliphatic rings. The maximum Gasteiger partial charge on any atom is 0.123 e. The molecule has 0 saturated carbocycles. The fraction of sp³-hybridized carbons (Fsp3) is 0.400. The average Bonchev–Trinajstić information content (AvgIpc) is 2.89. The predicted octanol–water partition coefficient (Wildman–Crippen LogP) is 1.76. The van der Waals surface area contributed by atoms with Gasteiger partial charge in [0, 0.05) is 30.4 Å². The van der Waals surface area contributed by atoms with E-state index in [2.05, 4.69) is 27.2 Å². The van der Waals surface area contributed by atoms with E-state index in [4.69, 9.17) is 0 Å². The fourth-order valence-electron chi connectivity index (χ4n) is 1.51. The maximum atomic E-state index is 4.29. The largest absolute Gasteiger partial charge is 0.347 e. The number of thiazole rings is 1. The van der Waals surface area contributed by atoms with E-state index >= 15 is 0 Å². The molecular weight excluding hydrogens is 208 g/mol. The number of aromatic amines is 1. The van der Waals surface area contributed by atoms with Gasteiger partial charge in [-0.3, -0.25) is 0 Å². The van der Waals surface area contributed by atoms with E-state index < -0.39 is 0 Å². The molecule has 15 heavy (non-hydrogen) atoms. The van der Waals surface area contributed by atoms with Crippen LogP contribution in [0.3, 0.4) is 0 Å². The van der Waals surface area contributed by atoms with E-state index in [-0.39, 0.29) is 6.04 Å². The third-order valence-electron chi connectivity index (χ3n) is 2.16. The van der Waals surface area contributed by atoms with Crippen LogP contribution in [0.4, 0.5) is 0 Å². The van der Waals surface area contributed by atoms with E-state index in [1.165, 1.54) is 0 Å². The van der Waals surface area contributed by atoms with Crippen molar-refractivity contribution in [2.45, 2.75) is 19.4 Å². The lowest BCUT2D eigenvalue weighted by Gasteiger charge is -2.13. The second kappa shape index (κ2) is 5.04. The van der Waals surface area contributed by atoms with Gasteiger partial charge in [-0.15, -0.1) is 11.3 Å². The first-order valence-corrected chi connectivity index (χ1v) is 5.89. The Morgan fingerprint density at radius 3 is 3.00 bits per heavy atom. The van der Waals surface area contributed by atoms with Crippen LogP contribution in [0.1, 0.15) is 23.8 Å². The number of nitrogens with one attached hydrogen (secondary N) is 2. The zero-order valence-electron chi connectivity index (χ0n) is 8.60. The lowest BCUT2D eigenvalue weighted by atomic mass is 10.2. The maximum absolute atomic E-state index is 4.29. The van der Waals surface area contributed by atoms with Crippen LogP contribution in [0, 0.1) is 0 Å². The van der Waals surface area contributed by atoms with Gasteiger partial charge in [0.05, 0.1) is 11.0 Å². The molecule has 2 N–H and O–H groups in total. The molecule has 0 fully saturated rings. The highest BCUT2D eigenvalue weighted by molar-refractivity contribution is 7.09. The molecule has 1 unspecified atom stereocenters. The van der Waals surface area contributed by atoms with Gasteiger partial charge in [-0.25, -0.2) is 9.97 Å². The van der Waals surface area contributed by atoms with Crippen molar-refractivity contribution >= 4 is 11.3 Å². The minimum Gasteiger partial charge on any atom is -0.347 e. The molecular formula is C10H14N4S. The van der Waals surface area contributed by atoms with E-state index in [9.17, 15) is 0 Å². The second-order valence-corrected chi connectivity index (χ2v) is 4.19. The van der Waals surface area contributed by atoms with Crippen LogP contribution in [0.5, 0.6) is 0 Å². The van der Waals surface area contributed by atoms with Gasteiger partial charge in [-0.2, -0.15) is 0 Å². The summed E-state index contributed by atoms with van der Waals surface area (Å²) < 4.78 is 0. The molecule has 0 saturated heterocycles. The van der Waals surface area contributed by atoms with E-state index in [1.54, 1.807) is 17.5 Å². The number of aromatic nitrogens is 3. The van der Waals surface area contributed by atoms with E-state index in [0.29, 0.717) is 0 Å². The summed E-state index contributed by atoms with van der Waals surface area (Å²) in [4.78, 5) is 11.7. The van der Waals surface area contributed by atoms with Gasteiger partial charge in [-0.1, -0.05) is 6.92 Å². The van der Waals surface area contributed by atoms with Crippen molar-refractivity contribution in [3.8, 4) is 0 Å². The van der Waals surface area contributed by atoms with Crippen LogP contribution in [0.25, 0.3) is 0 Å². The van der Waals surface area contributed by atoms with Crippen LogP contribution in [-0.4, -0.2) is 21.5 Å². The molecule has 1 atom stereocenters. The molecule has 2 aromatic heterocycles. The number of likely N-dealkylation sites (N-methyl/N-ethyl adjacent to an activating group) is 1. The summed E-state index contributed by atoms with van der Waals surface area (Å²) in [5.74, 6) is 0.979. The minimum absolute atomic E-state index is 0.233. The van der Waals surface area contributed by atoms with E-state index in [0.717, 1.165) is 23.8 Å². The van der Waals surface area contributed by atoms with Crippen LogP contribution in [0.2, 0.25) is 0 Å². The molecule has 80 valence electrons. The number of imidazole rings is 1. The Balaban J connectivity index is 2.07. The molecule has 0 bridgehead atoms. The zero-order chi connectivity index (χ0) is 10.5. The van der Waals surface area contributed by atoms with Crippen molar-refractivity contribution < 1.29 is 0 Å². The van der Waals surface area contributed by atoms with Crippen LogP contribution >= 0.6 is 11.3 Å². The molecule has 4 nitrogen and oxygen atoms in total. The fourth-order valence-corrected chi connectivity index (χ4v) is 2.17. The lowest BCUT2D eigenvalue weighted by Crippen LogP contribution is -2.23. The Kier molecular flexibility index (Phi) is 3.47. The van der Waals surface area contributed by atoms with Crippen molar-refractivity contribution in [2.24, 2.45) is 0 Å². The zero-order valence-corrected chi connectivity index (χ0v) is 9.42. The summed E-state index contributed by atoms with van der Waals surface area (Å²) in [5.41, 5.74) is 0. The van der Waals surface area contributed by atoms with Gasteiger partial charge in [0.1, 0.15) is 5.82 Å². The summed E-state index contributed by atoms with van der Waals surface area (Å²) in [6, 6.07) is 0.233. The average molecular weight is 222 g/mol. The highest BCUT2D eigenvalue weighted by Gasteiger charge is 2.14. The Morgan fingerprint density at radius 2 is 2.40 bits per heavy atom. The van der Waals surface area contributed by atoms with Gasteiger partial charge >= 0.3 is 0 Å². The first-order valence-electron chi connectivity index (χ1n) is 5.01. The normalized spacial score (nSPS) is 12.9. The van der Waals surface area contributed by atoms with Crippen LogP contribution < -0.4 is 5.32 Å². The van der Waals surface area contributed by atoms with Gasteiger partial charge in [0.15, 0.2) is 0 Å². The summed E-state index contributed by atoms with van der Waals surface area (Å²) in [6.45, 7) is 3.02. The quantitative estimate of drug-likeness (QED) is 0.810. The van der Waals surface area contributed by atoms with Crippen molar-refractivity contribution in [3.05, 3.63) is 34.8 Å². The molecule has 0 amide bonds. The SMILES string of the molecule is CCNC(Cc1nccs1)c1ncc[nH]1. The summed E-state index contributed by atoms with van der Waals surface area (Å²) in [7, 11) is 0. The molecule has 5 heteroatoms. The minimum atomic E-state index is 0.233. The summed E-state index contributed by atoms with van der Waals surface area (Å²) in [5, 5.41) is 6.53. The van der Waals surface area contributed by atoms with Crippen LogP contribution in [-0.2, 0) is 6.42 Å². The second-order valence-electron chi connectivity index (χ2n) is 3.21. The number of hydrogen-bond donors (Lipinski definition) is 2. The van der Waals surface area contributed by atoms with Crippen molar-refractivity contribution in [1.29, 1.82) is 0 Å². The highest BCUT2D eigenvalue weighted by atomic mass is 32.1. The Hall–Kier alpha value is -1.20. The molecule has 2 rings (SSSR count). The summed E-state index contributed by atoms with van der Waals surface area (Å²) in [6.07, 6.45) is 6.35. The van der Waals surface area contributed by atoms with Crippen molar-refractivity contribution in [1.82, 2.24) is 20.3 Å². The molecule has 0 aliphatic carbocycles. The molecule has 0 radical (unpaired) electrons. The number of rotatable bonds is 5. The molecule has 0 spiro atoms. The van der Waals surface area contributed by atoms with Crippen molar-refractivity contribution in [3.63, 3.8) is 0 Å². The third kappa shape index (κ3) is 2.64. The van der Waals surface area contributed by atoms with Gasteiger partial charge in [-0.05, 0) is 6.54 Å². The number of nitrogens with zero attached hydrogens (tertiary/aromatic N) is 2. The molecule has 2 aromatic rings. The highest BCUT2D eigenvalue weighted by Crippen LogP contribution is 2.16. The van der Waals surface area contributed by atoms with Gasteiger partial charge in [0.2, 0.25) is 0 Å². The topological polar surface area (TPSA) is 53.6 Å². The summed E-state index contributed by atoms with van der Waals surface area (Å²) >= 11 is 1.68. The third-order valence-corrected chi connectivity index (χ3v) is 2.96. The first kappa shape index (κ1) is 10.3. The Bertz CT molecular complexity index is 368. The van der Waals surface area contributed by atoms with E-state index in [1.807, 2.05) is 17.8 Å². The smallest absolute Gasteiger partial charge is 0.123 e. The Morgan fingerprint density at radius 1 is 1.47 bits per heavy atom. The van der Waals surface area contributed by atoms with Crippen LogP contribution in [0.15, 0.2) is 24.0 Å². The standard InChI is InChI=1S/C10H14N4S/c1-2-11-8(10-13-3-4-14-10)7-9-12-5-6-15-9/h3-6,8,11H,2,7H2,1H3,(H,13,14). The van der Waals surface area contributed by atoms with Gasteiger partial charge in [0.25, 0.3) is 0 Å². The number of hydrogen-bond acceptors (Lipinski definition) is 4. The number of H-pyrrole nitrogens is 1. The first-order chi connectivity index (χ1) is 7.40.